The molecule has 0 amide bonds. The van der Waals surface area contributed by atoms with Crippen molar-refractivity contribution in [2.24, 2.45) is 5.92 Å². The van der Waals surface area contributed by atoms with E-state index in [9.17, 15) is 0 Å². The number of aryl methyl sites for hydroxylation is 1. The van der Waals surface area contributed by atoms with E-state index in [1.165, 1.54) is 11.3 Å². The summed E-state index contributed by atoms with van der Waals surface area (Å²) in [6.07, 6.45) is 7.55. The number of hydrogen-bond donors (Lipinski definition) is 2. The maximum atomic E-state index is 6.17. The molecule has 2 aromatic heterocycles. The first kappa shape index (κ1) is 32.8. The van der Waals surface area contributed by atoms with Crippen LogP contribution in [0.4, 0.5) is 17.5 Å². The van der Waals surface area contributed by atoms with Crippen LogP contribution >= 0.6 is 23.5 Å². The number of anilines is 3. The van der Waals surface area contributed by atoms with Crippen molar-refractivity contribution in [2.75, 3.05) is 56.3 Å². The van der Waals surface area contributed by atoms with Crippen LogP contribution < -0.4 is 15.0 Å². The Morgan fingerprint density at radius 2 is 1.76 bits per heavy atom. The van der Waals surface area contributed by atoms with Gasteiger partial charge in [-0.05, 0) is 115 Å². The molecule has 0 saturated carbocycles. The standard InChI is InChI=1S/C27H39N7OS2.C4H8/c1-6-35-24-25(28-23-18-19(3)31-32-23)29-27(37-22-10-8-21(9-11-22)36-7-2)30-26(24)34-16-13-20(14-17-34)12-15-33(4)5;1-3-4-2/h8-11,18,20H,6-7,12-17H2,1-5H3,(H2,28,29,30,31,32);3-4H,1-2H3/b;4-3-. The molecular formula is C31H47N7OS2. The van der Waals surface area contributed by atoms with Crippen LogP contribution in [-0.4, -0.2) is 71.2 Å². The molecule has 1 fully saturated rings. The highest BCUT2D eigenvalue weighted by molar-refractivity contribution is 7.99. The molecule has 3 aromatic rings. The number of aromatic nitrogens is 4. The van der Waals surface area contributed by atoms with E-state index >= 15 is 0 Å². The third kappa shape index (κ3) is 10.6. The summed E-state index contributed by atoms with van der Waals surface area (Å²) in [5.41, 5.74) is 0.981. The summed E-state index contributed by atoms with van der Waals surface area (Å²) in [7, 11) is 4.30. The quantitative estimate of drug-likeness (QED) is 0.124. The summed E-state index contributed by atoms with van der Waals surface area (Å²) in [6, 6.07) is 10.6. The Hall–Kier alpha value is -2.69. The molecule has 1 aliphatic heterocycles. The number of thioether (sulfide) groups is 1. The van der Waals surface area contributed by atoms with Gasteiger partial charge in [0.2, 0.25) is 5.75 Å². The van der Waals surface area contributed by atoms with Gasteiger partial charge in [0.05, 0.1) is 6.61 Å². The number of piperidine rings is 1. The highest BCUT2D eigenvalue weighted by atomic mass is 32.2. The summed E-state index contributed by atoms with van der Waals surface area (Å²) in [4.78, 5) is 17.0. The molecule has 3 heterocycles. The number of H-pyrrole nitrogens is 1. The van der Waals surface area contributed by atoms with Gasteiger partial charge in [-0.1, -0.05) is 19.1 Å². The average molecular weight is 598 g/mol. The Kier molecular flexibility index (Phi) is 13.9. The first-order valence-corrected chi connectivity index (χ1v) is 16.4. The molecule has 1 saturated heterocycles. The van der Waals surface area contributed by atoms with Gasteiger partial charge in [-0.3, -0.25) is 5.10 Å². The maximum absolute atomic E-state index is 6.17. The van der Waals surface area contributed by atoms with Crippen LogP contribution in [0, 0.1) is 12.8 Å². The molecule has 41 heavy (non-hydrogen) atoms. The summed E-state index contributed by atoms with van der Waals surface area (Å²) < 4.78 is 6.17. The number of allylic oxidation sites excluding steroid dienone is 2. The van der Waals surface area contributed by atoms with Gasteiger partial charge in [0.25, 0.3) is 0 Å². The summed E-state index contributed by atoms with van der Waals surface area (Å²) in [5.74, 6) is 4.71. The fourth-order valence-electron chi connectivity index (χ4n) is 4.39. The minimum Gasteiger partial charge on any atom is -0.487 e. The smallest absolute Gasteiger partial charge is 0.205 e. The molecule has 224 valence electrons. The van der Waals surface area contributed by atoms with E-state index in [4.69, 9.17) is 14.7 Å². The van der Waals surface area contributed by atoms with Crippen molar-refractivity contribution < 1.29 is 4.74 Å². The van der Waals surface area contributed by atoms with E-state index in [2.05, 4.69) is 70.6 Å². The van der Waals surface area contributed by atoms with E-state index in [1.54, 1.807) is 11.8 Å². The minimum atomic E-state index is 0.535. The molecule has 8 nitrogen and oxygen atoms in total. The molecule has 1 aliphatic rings. The number of nitrogens with zero attached hydrogens (tertiary/aromatic N) is 5. The molecule has 4 rings (SSSR count). The van der Waals surface area contributed by atoms with Gasteiger partial charge in [-0.2, -0.15) is 5.10 Å². The Balaban J connectivity index is 0.00000108. The largest absolute Gasteiger partial charge is 0.487 e. The zero-order chi connectivity index (χ0) is 29.6. The lowest BCUT2D eigenvalue weighted by Crippen LogP contribution is -2.35. The van der Waals surface area contributed by atoms with Gasteiger partial charge in [-0.25, -0.2) is 9.97 Å². The van der Waals surface area contributed by atoms with E-state index in [1.807, 2.05) is 57.7 Å². The number of hydrogen-bond acceptors (Lipinski definition) is 9. The van der Waals surface area contributed by atoms with Crippen LogP contribution in [0.15, 0.2) is 57.4 Å². The molecule has 10 heteroatoms. The predicted molar refractivity (Wildman–Crippen MR) is 175 cm³/mol. The van der Waals surface area contributed by atoms with Crippen molar-refractivity contribution in [2.45, 2.75) is 68.8 Å². The molecular weight excluding hydrogens is 551 g/mol. The number of ether oxygens (including phenoxy) is 1. The summed E-state index contributed by atoms with van der Waals surface area (Å²) >= 11 is 3.42. The maximum Gasteiger partial charge on any atom is 0.205 e. The lowest BCUT2D eigenvalue weighted by Gasteiger charge is -2.34. The molecule has 0 atom stereocenters. The number of aromatic amines is 1. The van der Waals surface area contributed by atoms with Gasteiger partial charge in [0.15, 0.2) is 22.6 Å². The Morgan fingerprint density at radius 3 is 2.32 bits per heavy atom. The number of rotatable bonds is 12. The fourth-order valence-corrected chi connectivity index (χ4v) is 5.81. The van der Waals surface area contributed by atoms with Gasteiger partial charge >= 0.3 is 0 Å². The minimum absolute atomic E-state index is 0.535. The molecule has 0 spiro atoms. The normalized spacial score (nSPS) is 13.9. The average Bonchev–Trinajstić information content (AvgIpc) is 3.39. The van der Waals surface area contributed by atoms with Crippen LogP contribution in [0.5, 0.6) is 5.75 Å². The molecule has 0 bridgehead atoms. The van der Waals surface area contributed by atoms with Gasteiger partial charge in [-0.15, -0.1) is 11.8 Å². The fraction of sp³-hybridized carbons (Fsp3) is 0.516. The molecule has 2 N–H and O–H groups in total. The monoisotopic (exact) mass is 597 g/mol. The van der Waals surface area contributed by atoms with Crippen molar-refractivity contribution in [3.05, 3.63) is 48.2 Å². The molecule has 0 unspecified atom stereocenters. The highest BCUT2D eigenvalue weighted by Gasteiger charge is 2.26. The second-order valence-corrected chi connectivity index (χ2v) is 12.6. The van der Waals surface area contributed by atoms with Crippen LogP contribution in [-0.2, 0) is 0 Å². The third-order valence-corrected chi connectivity index (χ3v) is 8.41. The van der Waals surface area contributed by atoms with Crippen molar-refractivity contribution in [3.63, 3.8) is 0 Å². The third-order valence-electron chi connectivity index (χ3n) is 6.64. The van der Waals surface area contributed by atoms with Gasteiger partial charge in [0.1, 0.15) is 0 Å². The van der Waals surface area contributed by atoms with Crippen molar-refractivity contribution in [3.8, 4) is 5.75 Å². The molecule has 0 radical (unpaired) electrons. The SMILES string of the molecule is C/C=C\C.CCOc1c(Nc2cc(C)[nH]n2)nc(Sc2ccc(SCC)cc2)nc1N1CCC(CCN(C)C)CC1. The van der Waals surface area contributed by atoms with Crippen LogP contribution in [0.2, 0.25) is 0 Å². The Bertz CT molecular complexity index is 1200. The van der Waals surface area contributed by atoms with Gasteiger partial charge < -0.3 is 19.9 Å². The molecule has 0 aliphatic carbocycles. The second-order valence-electron chi connectivity index (χ2n) is 10.2. The Labute approximate surface area is 255 Å². The lowest BCUT2D eigenvalue weighted by molar-refractivity contribution is 0.308. The zero-order valence-electron chi connectivity index (χ0n) is 25.7. The van der Waals surface area contributed by atoms with Crippen LogP contribution in [0.1, 0.15) is 52.7 Å². The van der Waals surface area contributed by atoms with E-state index in [-0.39, 0.29) is 0 Å². The summed E-state index contributed by atoms with van der Waals surface area (Å²) in [6.45, 7) is 13.7. The summed E-state index contributed by atoms with van der Waals surface area (Å²) in [5, 5.41) is 11.4. The van der Waals surface area contributed by atoms with Crippen molar-refractivity contribution in [1.29, 1.82) is 0 Å². The topological polar surface area (TPSA) is 82.2 Å². The van der Waals surface area contributed by atoms with E-state index in [0.29, 0.717) is 29.1 Å². The first-order chi connectivity index (χ1) is 19.9. The van der Waals surface area contributed by atoms with Gasteiger partial charge in [0, 0.05) is 34.6 Å². The lowest BCUT2D eigenvalue weighted by atomic mass is 9.93. The predicted octanol–water partition coefficient (Wildman–Crippen LogP) is 7.66. The first-order valence-electron chi connectivity index (χ1n) is 14.6. The highest BCUT2D eigenvalue weighted by Crippen LogP contribution is 2.40. The second kappa shape index (κ2) is 17.3. The Morgan fingerprint density at radius 1 is 1.07 bits per heavy atom. The van der Waals surface area contributed by atoms with Crippen molar-refractivity contribution >= 4 is 41.0 Å². The van der Waals surface area contributed by atoms with Crippen LogP contribution in [0.3, 0.4) is 0 Å². The number of benzene rings is 1. The van der Waals surface area contributed by atoms with Crippen molar-refractivity contribution in [1.82, 2.24) is 25.1 Å². The van der Waals surface area contributed by atoms with E-state index < -0.39 is 0 Å². The van der Waals surface area contributed by atoms with E-state index in [0.717, 1.165) is 60.6 Å². The van der Waals surface area contributed by atoms with Crippen LogP contribution in [0.25, 0.3) is 0 Å². The zero-order valence-corrected chi connectivity index (χ0v) is 27.4. The molecule has 1 aromatic carbocycles. The number of nitrogens with one attached hydrogen (secondary N) is 2.